The summed E-state index contributed by atoms with van der Waals surface area (Å²) in [6.07, 6.45) is 4.61. The summed E-state index contributed by atoms with van der Waals surface area (Å²) in [4.78, 5) is 0. The summed E-state index contributed by atoms with van der Waals surface area (Å²) in [5.41, 5.74) is 7.21. The molecule has 2 aromatic rings. The highest BCUT2D eigenvalue weighted by Crippen LogP contribution is 2.23. The van der Waals surface area contributed by atoms with E-state index in [4.69, 9.17) is 10.6 Å². The van der Waals surface area contributed by atoms with Gasteiger partial charge in [0.2, 0.25) is 0 Å². The lowest BCUT2D eigenvalue weighted by Gasteiger charge is -2.17. The zero-order chi connectivity index (χ0) is 14.5. The lowest BCUT2D eigenvalue weighted by Crippen LogP contribution is -2.41. The Bertz CT molecular complexity index is 583. The highest BCUT2D eigenvalue weighted by Gasteiger charge is 2.13. The smallest absolute Gasteiger partial charge is 0.119 e. The Morgan fingerprint density at radius 3 is 2.67 bits per heavy atom. The van der Waals surface area contributed by atoms with Crippen molar-refractivity contribution in [2.45, 2.75) is 31.7 Å². The fourth-order valence-corrected chi connectivity index (χ4v) is 2.92. The van der Waals surface area contributed by atoms with E-state index in [2.05, 4.69) is 23.6 Å². The normalized spacial score (nSPS) is 14.7. The van der Waals surface area contributed by atoms with Crippen molar-refractivity contribution in [3.05, 3.63) is 65.2 Å². The van der Waals surface area contributed by atoms with E-state index in [0.717, 1.165) is 12.2 Å². The van der Waals surface area contributed by atoms with Crippen LogP contribution in [-0.4, -0.2) is 12.6 Å². The molecule has 1 aliphatic rings. The summed E-state index contributed by atoms with van der Waals surface area (Å²) >= 11 is 0. The molecule has 0 aliphatic heterocycles. The van der Waals surface area contributed by atoms with E-state index >= 15 is 0 Å². The molecule has 3 N–H and O–H groups in total. The van der Waals surface area contributed by atoms with Gasteiger partial charge in [-0.05, 0) is 54.5 Å². The largest absolute Gasteiger partial charge is 0.492 e. The minimum atomic E-state index is 0.115. The minimum absolute atomic E-state index is 0.115. The van der Waals surface area contributed by atoms with Crippen molar-refractivity contribution in [2.24, 2.45) is 5.84 Å². The second-order valence-corrected chi connectivity index (χ2v) is 5.65. The second kappa shape index (κ2) is 6.74. The van der Waals surface area contributed by atoms with Gasteiger partial charge in [-0.1, -0.05) is 36.4 Å². The zero-order valence-electron chi connectivity index (χ0n) is 12.2. The number of nitrogens with one attached hydrogen (secondary N) is 1. The fourth-order valence-electron chi connectivity index (χ4n) is 2.92. The number of benzene rings is 2. The van der Waals surface area contributed by atoms with Crippen LogP contribution in [0.25, 0.3) is 0 Å². The molecule has 1 unspecified atom stereocenters. The maximum absolute atomic E-state index is 5.78. The van der Waals surface area contributed by atoms with Crippen LogP contribution in [0.5, 0.6) is 5.75 Å². The first-order valence-electron chi connectivity index (χ1n) is 7.60. The Hall–Kier alpha value is -1.84. The van der Waals surface area contributed by atoms with Crippen LogP contribution in [0.3, 0.4) is 0 Å². The zero-order valence-corrected chi connectivity index (χ0v) is 12.2. The van der Waals surface area contributed by atoms with E-state index in [1.165, 1.54) is 36.0 Å². The molecule has 0 fully saturated rings. The molecular weight excluding hydrogens is 260 g/mol. The Morgan fingerprint density at radius 2 is 1.86 bits per heavy atom. The number of fused-ring (bicyclic) bond motifs is 1. The third kappa shape index (κ3) is 3.63. The Morgan fingerprint density at radius 1 is 1.05 bits per heavy atom. The van der Waals surface area contributed by atoms with Crippen LogP contribution in [-0.2, 0) is 19.3 Å². The molecule has 0 heterocycles. The van der Waals surface area contributed by atoms with Crippen molar-refractivity contribution >= 4 is 0 Å². The first-order valence-corrected chi connectivity index (χ1v) is 7.60. The van der Waals surface area contributed by atoms with Gasteiger partial charge in [0.25, 0.3) is 0 Å². The maximum Gasteiger partial charge on any atom is 0.119 e. The molecule has 0 aromatic heterocycles. The maximum atomic E-state index is 5.78. The molecule has 21 heavy (non-hydrogen) atoms. The summed E-state index contributed by atoms with van der Waals surface area (Å²) in [6, 6.07) is 16.8. The first kappa shape index (κ1) is 14.1. The van der Waals surface area contributed by atoms with Gasteiger partial charge in [-0.25, -0.2) is 0 Å². The van der Waals surface area contributed by atoms with Gasteiger partial charge >= 0.3 is 0 Å². The molecule has 110 valence electrons. The summed E-state index contributed by atoms with van der Waals surface area (Å²) in [6.45, 7) is 0.567. The molecule has 3 heteroatoms. The van der Waals surface area contributed by atoms with Crippen LogP contribution < -0.4 is 16.0 Å². The van der Waals surface area contributed by atoms with E-state index in [9.17, 15) is 0 Å². The van der Waals surface area contributed by atoms with Crippen LogP contribution in [0.15, 0.2) is 48.5 Å². The number of aryl methyl sites for hydroxylation is 2. The Labute approximate surface area is 126 Å². The quantitative estimate of drug-likeness (QED) is 0.632. The molecule has 2 aromatic carbocycles. The lowest BCUT2D eigenvalue weighted by molar-refractivity contribution is 0.264. The molecule has 0 spiro atoms. The second-order valence-electron chi connectivity index (χ2n) is 5.65. The molecule has 0 bridgehead atoms. The molecule has 1 atom stereocenters. The fraction of sp³-hybridized carbons (Fsp3) is 0.333. The van der Waals surface area contributed by atoms with Crippen LogP contribution in [0, 0.1) is 0 Å². The van der Waals surface area contributed by atoms with E-state index in [1.807, 2.05) is 30.3 Å². The van der Waals surface area contributed by atoms with Gasteiger partial charge in [0.05, 0.1) is 6.04 Å². The van der Waals surface area contributed by atoms with Crippen LogP contribution in [0.2, 0.25) is 0 Å². The molecule has 3 nitrogen and oxygen atoms in total. The average molecular weight is 282 g/mol. The van der Waals surface area contributed by atoms with E-state index in [-0.39, 0.29) is 6.04 Å². The predicted molar refractivity (Wildman–Crippen MR) is 85.2 cm³/mol. The van der Waals surface area contributed by atoms with Crippen LogP contribution >= 0.6 is 0 Å². The monoisotopic (exact) mass is 282 g/mol. The number of ether oxygens (including phenoxy) is 1. The first-order chi connectivity index (χ1) is 10.3. The van der Waals surface area contributed by atoms with E-state index in [0.29, 0.717) is 6.61 Å². The van der Waals surface area contributed by atoms with Crippen LogP contribution in [0.4, 0.5) is 0 Å². The number of hydrogen-bond acceptors (Lipinski definition) is 3. The van der Waals surface area contributed by atoms with Crippen molar-refractivity contribution in [1.82, 2.24) is 5.43 Å². The highest BCUT2D eigenvalue weighted by molar-refractivity contribution is 5.35. The number of hydrogen-bond donors (Lipinski definition) is 2. The third-order valence-corrected chi connectivity index (χ3v) is 4.08. The van der Waals surface area contributed by atoms with E-state index in [1.54, 1.807) is 0 Å². The topological polar surface area (TPSA) is 47.3 Å². The lowest BCUT2D eigenvalue weighted by atomic mass is 10.0. The third-order valence-electron chi connectivity index (χ3n) is 4.08. The van der Waals surface area contributed by atoms with Crippen molar-refractivity contribution in [3.8, 4) is 5.75 Å². The number of para-hydroxylation sites is 1. The number of rotatable bonds is 6. The van der Waals surface area contributed by atoms with Gasteiger partial charge in [0, 0.05) is 0 Å². The summed E-state index contributed by atoms with van der Waals surface area (Å²) < 4.78 is 5.78. The van der Waals surface area contributed by atoms with Crippen molar-refractivity contribution in [1.29, 1.82) is 0 Å². The number of nitrogens with two attached hydrogens (primary N) is 1. The summed E-state index contributed by atoms with van der Waals surface area (Å²) in [5.74, 6) is 6.55. The van der Waals surface area contributed by atoms with E-state index < -0.39 is 0 Å². The average Bonchev–Trinajstić information content (AvgIpc) is 3.00. The molecular formula is C18H22N2O. The van der Waals surface area contributed by atoms with Crippen molar-refractivity contribution in [2.75, 3.05) is 6.61 Å². The van der Waals surface area contributed by atoms with Gasteiger partial charge in [0.1, 0.15) is 12.4 Å². The minimum Gasteiger partial charge on any atom is -0.492 e. The Balaban J connectivity index is 1.59. The molecule has 1 aliphatic carbocycles. The summed E-state index contributed by atoms with van der Waals surface area (Å²) in [5, 5.41) is 0. The SMILES string of the molecule is NNC(COc1ccccc1)Cc1ccc2c(c1)CCC2. The molecule has 0 amide bonds. The van der Waals surface area contributed by atoms with Gasteiger partial charge < -0.3 is 4.74 Å². The van der Waals surface area contributed by atoms with Gasteiger partial charge in [-0.3, -0.25) is 11.3 Å². The van der Waals surface area contributed by atoms with Gasteiger partial charge in [-0.2, -0.15) is 0 Å². The molecule has 0 saturated heterocycles. The highest BCUT2D eigenvalue weighted by atomic mass is 16.5. The molecule has 0 saturated carbocycles. The predicted octanol–water partition coefficient (Wildman–Crippen LogP) is 2.63. The molecule has 3 rings (SSSR count). The standard InChI is InChI=1S/C18H22N2O/c19-20-17(13-21-18-7-2-1-3-8-18)12-14-9-10-15-5-4-6-16(15)11-14/h1-3,7-11,17,20H,4-6,12-13,19H2. The summed E-state index contributed by atoms with van der Waals surface area (Å²) in [7, 11) is 0. The van der Waals surface area contributed by atoms with Crippen molar-refractivity contribution in [3.63, 3.8) is 0 Å². The Kier molecular flexibility index (Phi) is 4.53. The van der Waals surface area contributed by atoms with Crippen molar-refractivity contribution < 1.29 is 4.74 Å². The van der Waals surface area contributed by atoms with Gasteiger partial charge in [0.15, 0.2) is 0 Å². The molecule has 0 radical (unpaired) electrons. The number of hydrazine groups is 1. The van der Waals surface area contributed by atoms with Gasteiger partial charge in [-0.15, -0.1) is 0 Å². The van der Waals surface area contributed by atoms with Crippen LogP contribution in [0.1, 0.15) is 23.1 Å².